The summed E-state index contributed by atoms with van der Waals surface area (Å²) < 4.78 is 15.5. The number of rotatable bonds is 9. The standard InChI is InChI=1S/C19H20N2O7/c1-26-16-7-3-12(9-17(16)27-2)4-8-18(22)28-11-14-6-5-13(19(20)23)10-15(14)21(24)25/h3,5-7,9-10H,4,8,11H2,1-2H3,(H2,20,23). The SMILES string of the molecule is COc1ccc(CCC(=O)OCc2ccc(C(N)=O)cc2[N+](=O)[O-])cc1OC. The van der Waals surface area contributed by atoms with E-state index in [-0.39, 0.29) is 29.8 Å². The Kier molecular flexibility index (Phi) is 6.91. The van der Waals surface area contributed by atoms with Gasteiger partial charge in [-0.05, 0) is 36.2 Å². The molecular weight excluding hydrogens is 368 g/mol. The van der Waals surface area contributed by atoms with E-state index in [4.69, 9.17) is 19.9 Å². The number of nitro benzene ring substituents is 1. The van der Waals surface area contributed by atoms with Crippen LogP contribution in [0, 0.1) is 10.1 Å². The molecule has 2 rings (SSSR count). The molecule has 0 unspecified atom stereocenters. The average molecular weight is 388 g/mol. The van der Waals surface area contributed by atoms with Gasteiger partial charge in [0, 0.05) is 18.1 Å². The van der Waals surface area contributed by atoms with E-state index in [9.17, 15) is 19.7 Å². The van der Waals surface area contributed by atoms with Crippen LogP contribution in [-0.2, 0) is 22.6 Å². The summed E-state index contributed by atoms with van der Waals surface area (Å²) in [6.45, 7) is -0.278. The summed E-state index contributed by atoms with van der Waals surface area (Å²) >= 11 is 0. The molecule has 0 atom stereocenters. The fourth-order valence-corrected chi connectivity index (χ4v) is 2.52. The quantitative estimate of drug-likeness (QED) is 0.396. The second kappa shape index (κ2) is 9.36. The highest BCUT2D eigenvalue weighted by Crippen LogP contribution is 2.28. The van der Waals surface area contributed by atoms with E-state index < -0.39 is 16.8 Å². The number of esters is 1. The number of carbonyl (C=O) groups is 2. The molecule has 1 amide bonds. The number of hydrogen-bond acceptors (Lipinski definition) is 7. The minimum Gasteiger partial charge on any atom is -0.493 e. The van der Waals surface area contributed by atoms with Gasteiger partial charge in [-0.1, -0.05) is 6.07 Å². The number of carbonyl (C=O) groups excluding carboxylic acids is 2. The summed E-state index contributed by atoms with van der Waals surface area (Å²) in [5.41, 5.74) is 5.83. The summed E-state index contributed by atoms with van der Waals surface area (Å²) in [5, 5.41) is 11.2. The highest BCUT2D eigenvalue weighted by molar-refractivity contribution is 5.93. The van der Waals surface area contributed by atoms with Crippen molar-refractivity contribution in [2.75, 3.05) is 14.2 Å². The van der Waals surface area contributed by atoms with Gasteiger partial charge >= 0.3 is 5.97 Å². The molecule has 0 heterocycles. The topological polar surface area (TPSA) is 131 Å². The van der Waals surface area contributed by atoms with Crippen LogP contribution in [0.25, 0.3) is 0 Å². The molecule has 0 aliphatic rings. The normalized spacial score (nSPS) is 10.2. The molecule has 0 saturated heterocycles. The minimum absolute atomic E-state index is 0.00947. The number of nitrogens with zero attached hydrogens (tertiary/aromatic N) is 1. The molecule has 0 aliphatic heterocycles. The van der Waals surface area contributed by atoms with Crippen LogP contribution < -0.4 is 15.2 Å². The molecule has 0 aliphatic carbocycles. The van der Waals surface area contributed by atoms with E-state index in [2.05, 4.69) is 0 Å². The second-order valence-electron chi connectivity index (χ2n) is 5.81. The lowest BCUT2D eigenvalue weighted by Crippen LogP contribution is -2.12. The Morgan fingerprint density at radius 1 is 1.07 bits per heavy atom. The van der Waals surface area contributed by atoms with Gasteiger partial charge in [-0.2, -0.15) is 0 Å². The Morgan fingerprint density at radius 2 is 1.79 bits per heavy atom. The zero-order chi connectivity index (χ0) is 20.7. The highest BCUT2D eigenvalue weighted by atomic mass is 16.6. The molecule has 0 radical (unpaired) electrons. The first kappa shape index (κ1) is 20.7. The highest BCUT2D eigenvalue weighted by Gasteiger charge is 2.18. The number of hydrogen-bond donors (Lipinski definition) is 1. The predicted molar refractivity (Wildman–Crippen MR) is 99.3 cm³/mol. The van der Waals surface area contributed by atoms with Gasteiger partial charge in [0.15, 0.2) is 11.5 Å². The van der Waals surface area contributed by atoms with Crippen LogP contribution in [0.3, 0.4) is 0 Å². The van der Waals surface area contributed by atoms with Crippen LogP contribution in [0.5, 0.6) is 11.5 Å². The molecular formula is C19H20N2O7. The molecule has 148 valence electrons. The maximum Gasteiger partial charge on any atom is 0.306 e. The third-order valence-electron chi connectivity index (χ3n) is 4.02. The zero-order valence-corrected chi connectivity index (χ0v) is 15.5. The van der Waals surface area contributed by atoms with Crippen LogP contribution in [0.15, 0.2) is 36.4 Å². The van der Waals surface area contributed by atoms with Gasteiger partial charge in [0.05, 0.1) is 24.7 Å². The van der Waals surface area contributed by atoms with Crippen molar-refractivity contribution in [3.05, 3.63) is 63.2 Å². The van der Waals surface area contributed by atoms with Crippen molar-refractivity contribution >= 4 is 17.6 Å². The lowest BCUT2D eigenvalue weighted by atomic mass is 10.1. The average Bonchev–Trinajstić information content (AvgIpc) is 2.69. The van der Waals surface area contributed by atoms with Crippen molar-refractivity contribution in [2.24, 2.45) is 5.73 Å². The monoisotopic (exact) mass is 388 g/mol. The Labute approximate surface area is 161 Å². The molecule has 0 bridgehead atoms. The van der Waals surface area contributed by atoms with Crippen molar-refractivity contribution < 1.29 is 28.7 Å². The number of nitro groups is 1. The van der Waals surface area contributed by atoms with Gasteiger partial charge < -0.3 is 19.9 Å². The van der Waals surface area contributed by atoms with E-state index in [0.29, 0.717) is 17.9 Å². The first-order chi connectivity index (χ1) is 13.3. The van der Waals surface area contributed by atoms with E-state index in [1.165, 1.54) is 26.4 Å². The first-order valence-corrected chi connectivity index (χ1v) is 8.29. The van der Waals surface area contributed by atoms with Crippen LogP contribution in [-0.4, -0.2) is 31.0 Å². The maximum atomic E-state index is 12.0. The number of amides is 1. The van der Waals surface area contributed by atoms with E-state index in [1.54, 1.807) is 12.1 Å². The molecule has 9 heteroatoms. The fourth-order valence-electron chi connectivity index (χ4n) is 2.52. The lowest BCUT2D eigenvalue weighted by Gasteiger charge is -2.10. The van der Waals surface area contributed by atoms with Crippen molar-refractivity contribution in [2.45, 2.75) is 19.4 Å². The summed E-state index contributed by atoms with van der Waals surface area (Å²) in [6, 6.07) is 9.07. The third-order valence-corrected chi connectivity index (χ3v) is 4.02. The smallest absolute Gasteiger partial charge is 0.306 e. The Hall–Kier alpha value is -3.62. The molecule has 2 aromatic carbocycles. The van der Waals surface area contributed by atoms with E-state index >= 15 is 0 Å². The van der Waals surface area contributed by atoms with Crippen LogP contribution in [0.2, 0.25) is 0 Å². The number of aryl methyl sites for hydroxylation is 1. The summed E-state index contributed by atoms with van der Waals surface area (Å²) in [5.74, 6) is -0.149. The maximum absolute atomic E-state index is 12.0. The molecule has 9 nitrogen and oxygen atoms in total. The summed E-state index contributed by atoms with van der Waals surface area (Å²) in [7, 11) is 3.05. The predicted octanol–water partition coefficient (Wildman–Crippen LogP) is 2.39. The Bertz CT molecular complexity index is 896. The largest absolute Gasteiger partial charge is 0.493 e. The van der Waals surface area contributed by atoms with Crippen molar-refractivity contribution in [1.29, 1.82) is 0 Å². The van der Waals surface area contributed by atoms with Crippen LogP contribution in [0.1, 0.15) is 27.9 Å². The molecule has 0 aromatic heterocycles. The van der Waals surface area contributed by atoms with Gasteiger partial charge in [0.25, 0.3) is 5.69 Å². The second-order valence-corrected chi connectivity index (χ2v) is 5.81. The lowest BCUT2D eigenvalue weighted by molar-refractivity contribution is -0.385. The van der Waals surface area contributed by atoms with Gasteiger partial charge in [-0.15, -0.1) is 0 Å². The van der Waals surface area contributed by atoms with E-state index in [0.717, 1.165) is 11.6 Å². The van der Waals surface area contributed by atoms with Crippen molar-refractivity contribution in [3.8, 4) is 11.5 Å². The Balaban J connectivity index is 1.97. The van der Waals surface area contributed by atoms with E-state index in [1.807, 2.05) is 6.07 Å². The third kappa shape index (κ3) is 5.19. The summed E-state index contributed by atoms with van der Waals surface area (Å²) in [6.07, 6.45) is 0.491. The van der Waals surface area contributed by atoms with Gasteiger partial charge in [0.2, 0.25) is 5.91 Å². The molecule has 2 N–H and O–H groups in total. The zero-order valence-electron chi connectivity index (χ0n) is 15.5. The fraction of sp³-hybridized carbons (Fsp3) is 0.263. The number of nitrogens with two attached hydrogens (primary N) is 1. The molecule has 0 fully saturated rings. The summed E-state index contributed by atoms with van der Waals surface area (Å²) in [4.78, 5) is 33.7. The number of methoxy groups -OCH3 is 2. The van der Waals surface area contributed by atoms with Crippen LogP contribution >= 0.6 is 0 Å². The number of ether oxygens (including phenoxy) is 3. The molecule has 2 aromatic rings. The first-order valence-electron chi connectivity index (χ1n) is 8.29. The molecule has 28 heavy (non-hydrogen) atoms. The van der Waals surface area contributed by atoms with Gasteiger partial charge in [-0.25, -0.2) is 0 Å². The molecule has 0 spiro atoms. The van der Waals surface area contributed by atoms with Crippen LogP contribution in [0.4, 0.5) is 5.69 Å². The number of primary amides is 1. The van der Waals surface area contributed by atoms with Gasteiger partial charge in [0.1, 0.15) is 6.61 Å². The van der Waals surface area contributed by atoms with Crippen molar-refractivity contribution in [3.63, 3.8) is 0 Å². The Morgan fingerprint density at radius 3 is 2.39 bits per heavy atom. The van der Waals surface area contributed by atoms with Crippen molar-refractivity contribution in [1.82, 2.24) is 0 Å². The minimum atomic E-state index is -0.776. The molecule has 0 saturated carbocycles. The van der Waals surface area contributed by atoms with Gasteiger partial charge in [-0.3, -0.25) is 19.7 Å². The number of benzene rings is 2.